The summed E-state index contributed by atoms with van der Waals surface area (Å²) in [6, 6.07) is 3.54. The molecule has 1 saturated carbocycles. The summed E-state index contributed by atoms with van der Waals surface area (Å²) in [6.45, 7) is 0. The van der Waals surface area contributed by atoms with Gasteiger partial charge in [0.2, 0.25) is 0 Å². The molecule has 0 spiro atoms. The maximum absolute atomic E-state index is 11.8. The lowest BCUT2D eigenvalue weighted by Gasteiger charge is -2.24. The lowest BCUT2D eigenvalue weighted by molar-refractivity contribution is -0.125. The molecule has 92 valence electrons. The van der Waals surface area contributed by atoms with Gasteiger partial charge in [-0.15, -0.1) is 0 Å². The molecule has 1 N–H and O–H groups in total. The predicted octanol–water partition coefficient (Wildman–Crippen LogP) is 2.80. The highest BCUT2D eigenvalue weighted by Crippen LogP contribution is 2.27. The molecule has 1 aliphatic rings. The van der Waals surface area contributed by atoms with Gasteiger partial charge >= 0.3 is 0 Å². The molecule has 0 amide bonds. The Kier molecular flexibility index (Phi) is 4.15. The van der Waals surface area contributed by atoms with Crippen molar-refractivity contribution in [1.82, 2.24) is 0 Å². The van der Waals surface area contributed by atoms with Crippen LogP contribution in [-0.4, -0.2) is 17.0 Å². The number of aliphatic hydroxyl groups is 1. The Labute approximate surface area is 101 Å². The maximum atomic E-state index is 11.8. The zero-order chi connectivity index (χ0) is 12.1. The highest BCUT2D eigenvalue weighted by atomic mass is 16.3. The average Bonchev–Trinajstić information content (AvgIpc) is 2.89. The van der Waals surface area contributed by atoms with Gasteiger partial charge in [0, 0.05) is 0 Å². The predicted molar refractivity (Wildman–Crippen MR) is 65.3 cm³/mol. The van der Waals surface area contributed by atoms with Crippen LogP contribution in [0, 0.1) is 5.92 Å². The summed E-state index contributed by atoms with van der Waals surface area (Å²) >= 11 is 0. The van der Waals surface area contributed by atoms with Crippen LogP contribution in [0.25, 0.3) is 6.08 Å². The number of ketones is 1. The molecule has 1 aliphatic carbocycles. The van der Waals surface area contributed by atoms with Crippen LogP contribution < -0.4 is 0 Å². The summed E-state index contributed by atoms with van der Waals surface area (Å²) < 4.78 is 5.09. The van der Waals surface area contributed by atoms with Gasteiger partial charge in [-0.1, -0.05) is 19.3 Å². The topological polar surface area (TPSA) is 50.4 Å². The molecule has 0 aliphatic heterocycles. The van der Waals surface area contributed by atoms with Gasteiger partial charge in [-0.05, 0) is 43.0 Å². The molecule has 1 aromatic rings. The van der Waals surface area contributed by atoms with Gasteiger partial charge in [0.1, 0.15) is 11.9 Å². The quantitative estimate of drug-likeness (QED) is 0.815. The first kappa shape index (κ1) is 12.1. The molecular weight excluding hydrogens is 216 g/mol. The van der Waals surface area contributed by atoms with Crippen molar-refractivity contribution in [3.63, 3.8) is 0 Å². The van der Waals surface area contributed by atoms with Crippen LogP contribution >= 0.6 is 0 Å². The Morgan fingerprint density at radius 3 is 2.82 bits per heavy atom. The fourth-order valence-electron chi connectivity index (χ4n) is 2.33. The van der Waals surface area contributed by atoms with Gasteiger partial charge in [-0.25, -0.2) is 0 Å². The van der Waals surface area contributed by atoms with Crippen molar-refractivity contribution in [3.05, 3.63) is 30.2 Å². The number of carbonyl (C=O) groups excluding carboxylic acids is 1. The van der Waals surface area contributed by atoms with Gasteiger partial charge in [0.05, 0.1) is 6.26 Å². The van der Waals surface area contributed by atoms with E-state index in [9.17, 15) is 9.90 Å². The van der Waals surface area contributed by atoms with Gasteiger partial charge in [0.15, 0.2) is 5.78 Å². The van der Waals surface area contributed by atoms with Crippen LogP contribution in [0.15, 0.2) is 28.9 Å². The van der Waals surface area contributed by atoms with E-state index in [1.54, 1.807) is 24.5 Å². The Bertz CT molecular complexity index is 372. The summed E-state index contributed by atoms with van der Waals surface area (Å²) in [5.74, 6) is 0.556. The molecule has 2 rings (SSSR count). The zero-order valence-corrected chi connectivity index (χ0v) is 9.84. The van der Waals surface area contributed by atoms with E-state index in [2.05, 4.69) is 0 Å². The van der Waals surface area contributed by atoms with E-state index >= 15 is 0 Å². The third-order valence-corrected chi connectivity index (χ3v) is 3.34. The first-order valence-corrected chi connectivity index (χ1v) is 6.21. The minimum Gasteiger partial charge on any atom is -0.465 e. The van der Waals surface area contributed by atoms with E-state index in [1.807, 2.05) is 0 Å². The first-order valence-electron chi connectivity index (χ1n) is 6.21. The van der Waals surface area contributed by atoms with Gasteiger partial charge < -0.3 is 9.52 Å². The van der Waals surface area contributed by atoms with E-state index in [0.717, 1.165) is 25.7 Å². The minimum atomic E-state index is -0.846. The average molecular weight is 234 g/mol. The highest BCUT2D eigenvalue weighted by Gasteiger charge is 2.25. The summed E-state index contributed by atoms with van der Waals surface area (Å²) in [4.78, 5) is 11.8. The van der Waals surface area contributed by atoms with E-state index in [4.69, 9.17) is 4.42 Å². The SMILES string of the molecule is O=C(/C=C/c1ccco1)C(O)C1CCCCC1. The standard InChI is InChI=1S/C14H18O3/c15-13(9-8-12-7-4-10-17-12)14(16)11-5-2-1-3-6-11/h4,7-11,14,16H,1-3,5-6H2/b9-8+. The second kappa shape index (κ2) is 5.82. The molecule has 3 heteroatoms. The van der Waals surface area contributed by atoms with Crippen LogP contribution in [0.3, 0.4) is 0 Å². The fourth-order valence-corrected chi connectivity index (χ4v) is 2.33. The number of furan rings is 1. The molecule has 17 heavy (non-hydrogen) atoms. The van der Waals surface area contributed by atoms with Crippen LogP contribution in [0.5, 0.6) is 0 Å². The highest BCUT2D eigenvalue weighted by molar-refractivity contribution is 5.96. The van der Waals surface area contributed by atoms with Crippen molar-refractivity contribution in [2.45, 2.75) is 38.2 Å². The monoisotopic (exact) mass is 234 g/mol. The Morgan fingerprint density at radius 1 is 1.41 bits per heavy atom. The van der Waals surface area contributed by atoms with Crippen molar-refractivity contribution < 1.29 is 14.3 Å². The van der Waals surface area contributed by atoms with Gasteiger partial charge in [0.25, 0.3) is 0 Å². The molecule has 0 saturated heterocycles. The minimum absolute atomic E-state index is 0.137. The van der Waals surface area contributed by atoms with E-state index in [-0.39, 0.29) is 11.7 Å². The number of hydrogen-bond acceptors (Lipinski definition) is 3. The summed E-state index contributed by atoms with van der Waals surface area (Å²) in [7, 11) is 0. The molecule has 0 aromatic carbocycles. The van der Waals surface area contributed by atoms with Crippen molar-refractivity contribution >= 4 is 11.9 Å². The van der Waals surface area contributed by atoms with E-state index in [1.165, 1.54) is 12.5 Å². The second-order valence-electron chi connectivity index (χ2n) is 4.59. The maximum Gasteiger partial charge on any atom is 0.184 e. The lowest BCUT2D eigenvalue weighted by Crippen LogP contribution is -2.29. The molecule has 1 atom stereocenters. The fraction of sp³-hybridized carbons (Fsp3) is 0.500. The van der Waals surface area contributed by atoms with Crippen LogP contribution in [-0.2, 0) is 4.79 Å². The summed E-state index contributed by atoms with van der Waals surface area (Å²) in [6.07, 6.45) is 9.12. The Hall–Kier alpha value is -1.35. The molecule has 1 fully saturated rings. The molecule has 0 bridgehead atoms. The number of rotatable bonds is 4. The Morgan fingerprint density at radius 2 is 2.18 bits per heavy atom. The van der Waals surface area contributed by atoms with Crippen molar-refractivity contribution in [3.8, 4) is 0 Å². The summed E-state index contributed by atoms with van der Waals surface area (Å²) in [5.41, 5.74) is 0. The first-order chi connectivity index (χ1) is 8.27. The van der Waals surface area contributed by atoms with Crippen LogP contribution in [0.2, 0.25) is 0 Å². The zero-order valence-electron chi connectivity index (χ0n) is 9.84. The third kappa shape index (κ3) is 3.30. The van der Waals surface area contributed by atoms with Crippen molar-refractivity contribution in [2.75, 3.05) is 0 Å². The molecule has 3 nitrogen and oxygen atoms in total. The van der Waals surface area contributed by atoms with Crippen LogP contribution in [0.1, 0.15) is 37.9 Å². The largest absolute Gasteiger partial charge is 0.465 e. The molecule has 0 radical (unpaired) electrons. The molecule has 1 unspecified atom stereocenters. The van der Waals surface area contributed by atoms with E-state index < -0.39 is 6.10 Å². The smallest absolute Gasteiger partial charge is 0.184 e. The number of aliphatic hydroxyl groups excluding tert-OH is 1. The van der Waals surface area contributed by atoms with Crippen molar-refractivity contribution in [1.29, 1.82) is 0 Å². The Balaban J connectivity index is 1.90. The van der Waals surface area contributed by atoms with Crippen LogP contribution in [0.4, 0.5) is 0 Å². The summed E-state index contributed by atoms with van der Waals surface area (Å²) in [5, 5.41) is 9.94. The number of carbonyl (C=O) groups is 1. The normalized spacial score (nSPS) is 19.6. The molecular formula is C14H18O3. The number of hydrogen-bond donors (Lipinski definition) is 1. The van der Waals surface area contributed by atoms with E-state index in [0.29, 0.717) is 5.76 Å². The van der Waals surface area contributed by atoms with Gasteiger partial charge in [-0.3, -0.25) is 4.79 Å². The second-order valence-corrected chi connectivity index (χ2v) is 4.59. The van der Waals surface area contributed by atoms with Gasteiger partial charge in [-0.2, -0.15) is 0 Å². The van der Waals surface area contributed by atoms with Crippen molar-refractivity contribution in [2.24, 2.45) is 5.92 Å². The molecule has 1 aromatic heterocycles. The molecule has 1 heterocycles. The third-order valence-electron chi connectivity index (χ3n) is 3.34. The lowest BCUT2D eigenvalue weighted by atomic mass is 9.84.